The van der Waals surface area contributed by atoms with Crippen molar-refractivity contribution in [1.29, 1.82) is 0 Å². The van der Waals surface area contributed by atoms with E-state index >= 15 is 0 Å². The van der Waals surface area contributed by atoms with Gasteiger partial charge in [0.15, 0.2) is 0 Å². The van der Waals surface area contributed by atoms with Crippen LogP contribution in [0.3, 0.4) is 0 Å². The van der Waals surface area contributed by atoms with E-state index in [0.717, 1.165) is 54.0 Å². The number of nitrogens with two attached hydrogens (primary N) is 1. The van der Waals surface area contributed by atoms with Crippen molar-refractivity contribution in [2.75, 3.05) is 0 Å². The fourth-order valence-corrected chi connectivity index (χ4v) is 4.65. The normalized spacial score (nSPS) is 18.3. The van der Waals surface area contributed by atoms with E-state index in [2.05, 4.69) is 21.5 Å². The molecule has 1 aliphatic carbocycles. The maximum Gasteiger partial charge on any atom is 0.228 e. The van der Waals surface area contributed by atoms with Crippen molar-refractivity contribution in [1.82, 2.24) is 0 Å². The highest BCUT2D eigenvalue weighted by molar-refractivity contribution is 7.98. The summed E-state index contributed by atoms with van der Waals surface area (Å²) >= 11 is 1.45. The molecular weight excluding hydrogens is 354 g/mol. The summed E-state index contributed by atoms with van der Waals surface area (Å²) in [6, 6.07) is 16.4. The number of amides is 1. The molecule has 2 aliphatic rings. The second-order valence-electron chi connectivity index (χ2n) is 7.28. The van der Waals surface area contributed by atoms with Crippen LogP contribution in [0.2, 0.25) is 0 Å². The lowest BCUT2D eigenvalue weighted by Crippen LogP contribution is -2.42. The smallest absolute Gasteiger partial charge is 0.228 e. The van der Waals surface area contributed by atoms with Gasteiger partial charge in [-0.25, -0.2) is 4.40 Å². The Kier molecular flexibility index (Phi) is 5.12. The number of carbonyl (C=O) groups is 1. The minimum absolute atomic E-state index is 0.214. The molecule has 2 aromatic rings. The van der Waals surface area contributed by atoms with Crippen LogP contribution in [0.1, 0.15) is 43.2 Å². The van der Waals surface area contributed by atoms with Crippen LogP contribution in [0.25, 0.3) is 0 Å². The lowest BCUT2D eigenvalue weighted by molar-refractivity contribution is -0.124. The summed E-state index contributed by atoms with van der Waals surface area (Å²) < 4.78 is 4.65. The number of aliphatic imine (C=N–C) groups is 1. The van der Waals surface area contributed by atoms with Crippen LogP contribution in [-0.4, -0.2) is 17.8 Å². The van der Waals surface area contributed by atoms with Crippen LogP contribution in [0.4, 0.5) is 5.69 Å². The van der Waals surface area contributed by atoms with Gasteiger partial charge in [0.1, 0.15) is 0 Å². The summed E-state index contributed by atoms with van der Waals surface area (Å²) in [7, 11) is 0. The topological polar surface area (TPSA) is 67.8 Å². The Morgan fingerprint density at radius 1 is 1.07 bits per heavy atom. The van der Waals surface area contributed by atoms with Gasteiger partial charge in [0, 0.05) is 18.4 Å². The van der Waals surface area contributed by atoms with Crippen molar-refractivity contribution >= 4 is 35.5 Å². The molecule has 1 heterocycles. The van der Waals surface area contributed by atoms with Crippen molar-refractivity contribution in [3.63, 3.8) is 0 Å². The minimum atomic E-state index is -0.548. The first-order valence-electron chi connectivity index (χ1n) is 9.44. The van der Waals surface area contributed by atoms with E-state index in [9.17, 15) is 4.79 Å². The number of carbonyl (C=O) groups excluding carboxylic acids is 1. The first-order valence-corrected chi connectivity index (χ1v) is 10.2. The molecule has 1 amide bonds. The Hall–Kier alpha value is -2.40. The highest BCUT2D eigenvalue weighted by atomic mass is 32.2. The predicted molar refractivity (Wildman–Crippen MR) is 112 cm³/mol. The van der Waals surface area contributed by atoms with Gasteiger partial charge in [0.05, 0.1) is 27.9 Å². The third-order valence-electron chi connectivity index (χ3n) is 5.53. The fourth-order valence-electron chi connectivity index (χ4n) is 3.98. The first-order chi connectivity index (χ1) is 13.2. The summed E-state index contributed by atoms with van der Waals surface area (Å²) in [6.45, 7) is 0. The number of rotatable bonds is 4. The van der Waals surface area contributed by atoms with Crippen LogP contribution in [0, 0.1) is 0 Å². The number of benzene rings is 2. The molecule has 0 spiro atoms. The van der Waals surface area contributed by atoms with Gasteiger partial charge in [-0.15, -0.1) is 0 Å². The highest BCUT2D eigenvalue weighted by Crippen LogP contribution is 2.42. The molecule has 1 aliphatic heterocycles. The number of primary amides is 1. The molecular formula is C22H23N3OS. The summed E-state index contributed by atoms with van der Waals surface area (Å²) in [5.74, 6) is -0.214. The maximum absolute atomic E-state index is 12.3. The summed E-state index contributed by atoms with van der Waals surface area (Å²) in [4.78, 5) is 18.0. The zero-order chi connectivity index (χ0) is 18.7. The van der Waals surface area contributed by atoms with Gasteiger partial charge in [-0.1, -0.05) is 55.7 Å². The Labute approximate surface area is 164 Å². The zero-order valence-electron chi connectivity index (χ0n) is 15.2. The van der Waals surface area contributed by atoms with Gasteiger partial charge in [0.2, 0.25) is 5.91 Å². The van der Waals surface area contributed by atoms with E-state index < -0.39 is 5.41 Å². The van der Waals surface area contributed by atoms with Gasteiger partial charge in [-0.3, -0.25) is 9.79 Å². The average molecular weight is 378 g/mol. The molecule has 2 aromatic carbocycles. The molecule has 1 fully saturated rings. The molecule has 1 saturated carbocycles. The van der Waals surface area contributed by atoms with E-state index in [4.69, 9.17) is 5.73 Å². The monoisotopic (exact) mass is 377 g/mol. The second kappa shape index (κ2) is 7.69. The molecule has 0 saturated heterocycles. The van der Waals surface area contributed by atoms with E-state index in [1.807, 2.05) is 42.6 Å². The van der Waals surface area contributed by atoms with Crippen LogP contribution in [-0.2, 0) is 16.6 Å². The molecule has 138 valence electrons. The summed E-state index contributed by atoms with van der Waals surface area (Å²) in [5.41, 5.74) is 9.31. The van der Waals surface area contributed by atoms with E-state index in [1.54, 1.807) is 0 Å². The summed E-state index contributed by atoms with van der Waals surface area (Å²) in [6.07, 6.45) is 7.51. The third kappa shape index (κ3) is 3.69. The maximum atomic E-state index is 12.3. The van der Waals surface area contributed by atoms with Gasteiger partial charge < -0.3 is 5.73 Å². The lowest BCUT2D eigenvalue weighted by atomic mass is 9.69. The van der Waals surface area contributed by atoms with Crippen LogP contribution >= 0.6 is 11.9 Å². The number of hydrogen-bond donors (Lipinski definition) is 1. The van der Waals surface area contributed by atoms with Crippen LogP contribution < -0.4 is 5.73 Å². The Morgan fingerprint density at radius 2 is 1.85 bits per heavy atom. The Bertz CT molecular complexity index is 899. The van der Waals surface area contributed by atoms with E-state index in [1.165, 1.54) is 23.9 Å². The van der Waals surface area contributed by atoms with Crippen LogP contribution in [0.5, 0.6) is 0 Å². The molecule has 0 bridgehead atoms. The average Bonchev–Trinajstić information content (AvgIpc) is 2.91. The SMILES string of the molecule is NC(=O)C1(c2ccc3c(c2)N=CC(Cc2ccccc2)=NS3)CCCCC1. The largest absolute Gasteiger partial charge is 0.369 e. The molecule has 0 radical (unpaired) electrons. The van der Waals surface area contributed by atoms with Gasteiger partial charge >= 0.3 is 0 Å². The standard InChI is InChI=1S/C22H23N3OS/c23-21(26)22(11-5-2-6-12-22)17-9-10-20-19(14-17)24-15-18(25-27-20)13-16-7-3-1-4-8-16/h1,3-4,7-10,14-15H,2,5-6,11-13H2,(H2,23,26). The third-order valence-corrected chi connectivity index (χ3v) is 6.40. The molecule has 4 rings (SSSR count). The molecule has 0 aromatic heterocycles. The van der Waals surface area contributed by atoms with Crippen molar-refractivity contribution in [2.24, 2.45) is 15.1 Å². The lowest BCUT2D eigenvalue weighted by Gasteiger charge is -2.35. The van der Waals surface area contributed by atoms with Crippen LogP contribution in [0.15, 0.2) is 62.8 Å². The Balaban J connectivity index is 1.61. The molecule has 0 atom stereocenters. The minimum Gasteiger partial charge on any atom is -0.369 e. The van der Waals surface area contributed by atoms with Crippen molar-refractivity contribution in [3.8, 4) is 0 Å². The molecule has 5 heteroatoms. The van der Waals surface area contributed by atoms with E-state index in [-0.39, 0.29) is 5.91 Å². The molecule has 2 N–H and O–H groups in total. The van der Waals surface area contributed by atoms with E-state index in [0.29, 0.717) is 0 Å². The van der Waals surface area contributed by atoms with Crippen molar-refractivity contribution in [3.05, 3.63) is 59.7 Å². The fraction of sp³-hybridized carbons (Fsp3) is 0.318. The van der Waals surface area contributed by atoms with Gasteiger partial charge in [-0.05, 0) is 36.1 Å². The molecule has 27 heavy (non-hydrogen) atoms. The number of fused-ring (bicyclic) bond motifs is 1. The number of nitrogens with zero attached hydrogens (tertiary/aromatic N) is 2. The molecule has 0 unspecified atom stereocenters. The second-order valence-corrected chi connectivity index (χ2v) is 8.09. The Morgan fingerprint density at radius 3 is 2.59 bits per heavy atom. The first kappa shape index (κ1) is 18.0. The van der Waals surface area contributed by atoms with Crippen molar-refractivity contribution in [2.45, 2.75) is 48.8 Å². The quantitative estimate of drug-likeness (QED) is 0.779. The number of hydrogen-bond acceptors (Lipinski definition) is 4. The summed E-state index contributed by atoms with van der Waals surface area (Å²) in [5, 5.41) is 0. The molecule has 4 nitrogen and oxygen atoms in total. The van der Waals surface area contributed by atoms with Gasteiger partial charge in [0.25, 0.3) is 0 Å². The predicted octanol–water partition coefficient (Wildman–Crippen LogP) is 4.78. The highest BCUT2D eigenvalue weighted by Gasteiger charge is 2.39. The van der Waals surface area contributed by atoms with Gasteiger partial charge in [-0.2, -0.15) is 0 Å². The van der Waals surface area contributed by atoms with Crippen molar-refractivity contribution < 1.29 is 4.79 Å². The zero-order valence-corrected chi connectivity index (χ0v) is 16.0.